The smallest absolute Gasteiger partial charge is 0.268 e. The van der Waals surface area contributed by atoms with Gasteiger partial charge in [0.25, 0.3) is 5.91 Å². The number of hydrogen-bond acceptors (Lipinski definition) is 4. The van der Waals surface area contributed by atoms with Crippen molar-refractivity contribution in [2.75, 3.05) is 18.1 Å². The first-order chi connectivity index (χ1) is 16.5. The minimum atomic E-state index is -0.644. The number of halogens is 1. The number of hydrogen-bond donors (Lipinski definition) is 3. The van der Waals surface area contributed by atoms with Gasteiger partial charge < -0.3 is 25.4 Å². The van der Waals surface area contributed by atoms with E-state index in [2.05, 4.69) is 5.32 Å². The first kappa shape index (κ1) is 23.4. The first-order valence-electron chi connectivity index (χ1n) is 11.1. The molecule has 0 radical (unpaired) electrons. The summed E-state index contributed by atoms with van der Waals surface area (Å²) in [5, 5.41) is 10.6. The van der Waals surface area contributed by atoms with Crippen LogP contribution < -0.4 is 25.4 Å². The largest absolute Gasteiger partial charge is 0.493 e. The average Bonchev–Trinajstić information content (AvgIpc) is 2.83. The molecular weight excluding hydrogens is 452 g/mol. The molecule has 7 nitrogen and oxygen atoms in total. The van der Waals surface area contributed by atoms with Crippen molar-refractivity contribution in [1.29, 1.82) is 5.41 Å². The van der Waals surface area contributed by atoms with E-state index >= 15 is 0 Å². The van der Waals surface area contributed by atoms with Gasteiger partial charge in [0, 0.05) is 18.0 Å². The number of benzene rings is 3. The zero-order valence-corrected chi connectivity index (χ0v) is 19.4. The summed E-state index contributed by atoms with van der Waals surface area (Å²) < 4.78 is 11.9. The zero-order valence-electron chi connectivity index (χ0n) is 18.7. The molecule has 3 aromatic rings. The summed E-state index contributed by atoms with van der Waals surface area (Å²) in [6.45, 7) is 1.31. The van der Waals surface area contributed by atoms with Crippen molar-refractivity contribution in [1.82, 2.24) is 5.32 Å². The summed E-state index contributed by atoms with van der Waals surface area (Å²) in [5.41, 5.74) is 8.02. The van der Waals surface area contributed by atoms with Crippen molar-refractivity contribution in [3.63, 3.8) is 0 Å². The van der Waals surface area contributed by atoms with E-state index < -0.39 is 6.10 Å². The third kappa shape index (κ3) is 5.80. The number of ether oxygens (including phenoxy) is 2. The van der Waals surface area contributed by atoms with Crippen molar-refractivity contribution < 1.29 is 14.3 Å². The van der Waals surface area contributed by atoms with Crippen LogP contribution in [-0.2, 0) is 17.8 Å². The summed E-state index contributed by atoms with van der Waals surface area (Å²) in [7, 11) is 0. The van der Waals surface area contributed by atoms with E-state index in [1.807, 2.05) is 72.8 Å². The number of nitrogens with zero attached hydrogens (tertiary/aromatic N) is 1. The third-order valence-electron chi connectivity index (χ3n) is 5.55. The molecule has 1 amide bonds. The number of carbonyl (C=O) groups is 1. The maximum Gasteiger partial charge on any atom is 0.268 e. The maximum atomic E-state index is 13.3. The molecule has 1 atom stereocenters. The molecule has 0 aliphatic carbocycles. The summed E-state index contributed by atoms with van der Waals surface area (Å²) in [6.07, 6.45) is 0.524. The lowest BCUT2D eigenvalue weighted by atomic mass is 10.1. The Labute approximate surface area is 203 Å². The van der Waals surface area contributed by atoms with Crippen LogP contribution in [0.2, 0.25) is 5.02 Å². The lowest BCUT2D eigenvalue weighted by molar-refractivity contribution is -0.127. The molecule has 4 rings (SSSR count). The molecule has 0 spiro atoms. The number of carbonyl (C=O) groups excluding carboxylic acids is 1. The number of nitrogens with one attached hydrogen (secondary N) is 2. The number of nitrogens with two attached hydrogens (primary N) is 1. The lowest BCUT2D eigenvalue weighted by Gasteiger charge is -2.34. The van der Waals surface area contributed by atoms with Crippen molar-refractivity contribution in [3.8, 4) is 11.5 Å². The summed E-state index contributed by atoms with van der Waals surface area (Å²) in [4.78, 5) is 15.0. The van der Waals surface area contributed by atoms with E-state index in [0.717, 1.165) is 29.0 Å². The molecule has 0 bridgehead atoms. The first-order valence-corrected chi connectivity index (χ1v) is 11.5. The van der Waals surface area contributed by atoms with Crippen molar-refractivity contribution in [2.24, 2.45) is 5.73 Å². The molecule has 1 heterocycles. The fraction of sp³-hybridized carbons (Fsp3) is 0.231. The molecule has 4 N–H and O–H groups in total. The molecule has 1 aliphatic rings. The Kier molecular flexibility index (Phi) is 7.54. The molecule has 1 unspecified atom stereocenters. The second kappa shape index (κ2) is 10.9. The van der Waals surface area contributed by atoms with Crippen molar-refractivity contribution >= 4 is 29.2 Å². The summed E-state index contributed by atoms with van der Waals surface area (Å²) >= 11 is 6.35. The third-order valence-corrected chi connectivity index (χ3v) is 5.92. The molecule has 176 valence electrons. The number of fused-ring (bicyclic) bond motifs is 1. The van der Waals surface area contributed by atoms with E-state index in [0.29, 0.717) is 36.9 Å². The number of guanidine groups is 1. The van der Waals surface area contributed by atoms with E-state index in [1.165, 1.54) is 0 Å². The van der Waals surface area contributed by atoms with Crippen LogP contribution in [0.3, 0.4) is 0 Å². The second-order valence-electron chi connectivity index (χ2n) is 7.96. The molecule has 0 saturated carbocycles. The highest BCUT2D eigenvalue weighted by Gasteiger charge is 2.34. The van der Waals surface area contributed by atoms with E-state index in [1.54, 1.807) is 4.90 Å². The Morgan fingerprint density at radius 1 is 1.09 bits per heavy atom. The topological polar surface area (TPSA) is 101 Å². The van der Waals surface area contributed by atoms with Gasteiger partial charge in [-0.1, -0.05) is 54.1 Å². The van der Waals surface area contributed by atoms with Gasteiger partial charge in [-0.25, -0.2) is 0 Å². The second-order valence-corrected chi connectivity index (χ2v) is 8.37. The van der Waals surface area contributed by atoms with Crippen LogP contribution in [0.15, 0.2) is 72.8 Å². The summed E-state index contributed by atoms with van der Waals surface area (Å²) in [6, 6.07) is 22.8. The van der Waals surface area contributed by atoms with Crippen LogP contribution in [0.5, 0.6) is 11.5 Å². The van der Waals surface area contributed by atoms with E-state index in [4.69, 9.17) is 32.2 Å². The van der Waals surface area contributed by atoms with Crippen molar-refractivity contribution in [2.45, 2.75) is 25.5 Å². The van der Waals surface area contributed by atoms with Gasteiger partial charge in [-0.05, 0) is 47.9 Å². The van der Waals surface area contributed by atoms with Crippen LogP contribution in [0.25, 0.3) is 0 Å². The number of rotatable bonds is 9. The predicted octanol–water partition coefficient (Wildman–Crippen LogP) is 4.13. The lowest BCUT2D eigenvalue weighted by Crippen LogP contribution is -2.46. The Morgan fingerprint density at radius 2 is 1.82 bits per heavy atom. The number of anilines is 1. The monoisotopic (exact) mass is 478 g/mol. The normalized spacial score (nSPS) is 14.8. The van der Waals surface area contributed by atoms with Gasteiger partial charge in [0.15, 0.2) is 12.1 Å². The molecule has 34 heavy (non-hydrogen) atoms. The van der Waals surface area contributed by atoms with Crippen molar-refractivity contribution in [3.05, 3.63) is 88.9 Å². The van der Waals surface area contributed by atoms with Gasteiger partial charge in [-0.15, -0.1) is 0 Å². The minimum Gasteiger partial charge on any atom is -0.493 e. The molecule has 8 heteroatoms. The van der Waals surface area contributed by atoms with E-state index in [-0.39, 0.29) is 11.9 Å². The van der Waals surface area contributed by atoms with Crippen LogP contribution in [0.1, 0.15) is 17.5 Å². The number of para-hydroxylation sites is 2. The molecule has 0 fully saturated rings. The molecule has 0 aromatic heterocycles. The Balaban J connectivity index is 1.37. The molecule has 0 saturated heterocycles. The fourth-order valence-corrected chi connectivity index (χ4v) is 3.99. The highest BCUT2D eigenvalue weighted by molar-refractivity contribution is 6.31. The summed E-state index contributed by atoms with van der Waals surface area (Å²) in [5.74, 6) is 1.24. The molecular formula is C26H27ClN4O3. The average molecular weight is 479 g/mol. The number of amides is 1. The van der Waals surface area contributed by atoms with Crippen LogP contribution in [0, 0.1) is 5.41 Å². The van der Waals surface area contributed by atoms with Crippen LogP contribution >= 0.6 is 11.6 Å². The van der Waals surface area contributed by atoms with Gasteiger partial charge in [-0.2, -0.15) is 0 Å². The van der Waals surface area contributed by atoms with Crippen LogP contribution in [0.4, 0.5) is 5.69 Å². The van der Waals surface area contributed by atoms with Gasteiger partial charge in [0.2, 0.25) is 0 Å². The van der Waals surface area contributed by atoms with Crippen LogP contribution in [-0.4, -0.2) is 31.1 Å². The standard InChI is InChI=1S/C26H27ClN4O3/c27-21-6-2-1-5-19(21)17-31-22-7-3-4-8-23(22)34-24(25(31)32)14-16-33-20-11-9-18(10-12-20)13-15-30-26(28)29/h1-12,24H,13-17H2,(H4,28,29,30). The highest BCUT2D eigenvalue weighted by Crippen LogP contribution is 2.36. The predicted molar refractivity (Wildman–Crippen MR) is 134 cm³/mol. The highest BCUT2D eigenvalue weighted by atomic mass is 35.5. The van der Waals surface area contributed by atoms with Gasteiger partial charge >= 0.3 is 0 Å². The molecule has 3 aromatic carbocycles. The Morgan fingerprint density at radius 3 is 2.59 bits per heavy atom. The quantitative estimate of drug-likeness (QED) is 0.317. The van der Waals surface area contributed by atoms with Gasteiger partial charge in [0.05, 0.1) is 18.8 Å². The van der Waals surface area contributed by atoms with E-state index in [9.17, 15) is 4.79 Å². The van der Waals surface area contributed by atoms with Gasteiger partial charge in [0.1, 0.15) is 11.5 Å². The minimum absolute atomic E-state index is 0.0347. The Hall–Kier alpha value is -3.71. The zero-order chi connectivity index (χ0) is 23.9. The van der Waals surface area contributed by atoms with Gasteiger partial charge in [-0.3, -0.25) is 10.2 Å². The molecule has 1 aliphatic heterocycles. The maximum absolute atomic E-state index is 13.3. The Bertz CT molecular complexity index is 1150. The fourth-order valence-electron chi connectivity index (χ4n) is 3.80. The SMILES string of the molecule is N=C(N)NCCc1ccc(OCCC2Oc3ccccc3N(Cc3ccccc3Cl)C2=O)cc1.